The summed E-state index contributed by atoms with van der Waals surface area (Å²) in [6, 6.07) is 9.27. The zero-order chi connectivity index (χ0) is 33.0. The van der Waals surface area contributed by atoms with Crippen LogP contribution in [0.4, 0.5) is 22.0 Å². The number of sulfonamides is 1. The van der Waals surface area contributed by atoms with Gasteiger partial charge in [0.2, 0.25) is 21.8 Å². The summed E-state index contributed by atoms with van der Waals surface area (Å²) in [6.07, 6.45) is -3.24. The van der Waals surface area contributed by atoms with E-state index in [0.29, 0.717) is 17.7 Å². The molecule has 2 amide bonds. The second-order valence-corrected chi connectivity index (χ2v) is 12.3. The van der Waals surface area contributed by atoms with Gasteiger partial charge in [-0.1, -0.05) is 31.2 Å². The monoisotopic (exact) mass is 657 g/mol. The van der Waals surface area contributed by atoms with Crippen LogP contribution in [0.3, 0.4) is 0 Å². The Kier molecular flexibility index (Phi) is 10.2. The quantitative estimate of drug-likeness (QED) is 0.313. The number of piperazine rings is 1. The Morgan fingerprint density at radius 1 is 1.00 bits per heavy atom. The summed E-state index contributed by atoms with van der Waals surface area (Å²) in [5.41, 5.74) is 0.978. The largest absolute Gasteiger partial charge is 0.573 e. The highest BCUT2D eigenvalue weighted by Gasteiger charge is 2.41. The van der Waals surface area contributed by atoms with Crippen molar-refractivity contribution in [1.29, 1.82) is 0 Å². The second kappa shape index (κ2) is 13.5. The van der Waals surface area contributed by atoms with Crippen LogP contribution in [0.2, 0.25) is 0 Å². The number of carbonyl (C=O) groups is 2. The Balaban J connectivity index is 1.52. The molecule has 244 valence electrons. The fraction of sp³-hybridized carbons (Fsp3) is 0.414. The number of aromatic nitrogens is 2. The number of amides is 2. The molecule has 4 rings (SSSR count). The molecule has 0 spiro atoms. The molecule has 1 fully saturated rings. The SMILES string of the molecule is CCC(F)(F)c1ccc(CNC(=O)[C@H]2CN(C(=O)CCc3ccn(C)n3)CCN2S(=O)(=O)c2ccc(OC(F)(F)F)cc2)cc1. The minimum atomic E-state index is -4.97. The third-order valence-electron chi connectivity index (χ3n) is 7.30. The molecular formula is C29H32F5N5O5S. The van der Waals surface area contributed by atoms with Crippen LogP contribution >= 0.6 is 0 Å². The number of benzene rings is 2. The topological polar surface area (TPSA) is 114 Å². The molecule has 0 bridgehead atoms. The van der Waals surface area contributed by atoms with Gasteiger partial charge in [0.05, 0.1) is 10.6 Å². The normalized spacial score (nSPS) is 16.4. The lowest BCUT2D eigenvalue weighted by molar-refractivity contribution is -0.274. The van der Waals surface area contributed by atoms with Crippen LogP contribution in [-0.2, 0) is 45.5 Å². The van der Waals surface area contributed by atoms with Crippen LogP contribution in [0.25, 0.3) is 0 Å². The zero-order valence-electron chi connectivity index (χ0n) is 24.4. The van der Waals surface area contributed by atoms with Crippen LogP contribution in [0.1, 0.15) is 36.6 Å². The van der Waals surface area contributed by atoms with Gasteiger partial charge >= 0.3 is 6.36 Å². The number of aryl methyl sites for hydroxylation is 2. The minimum Gasteiger partial charge on any atom is -0.406 e. The molecule has 1 saturated heterocycles. The molecule has 45 heavy (non-hydrogen) atoms. The lowest BCUT2D eigenvalue weighted by Crippen LogP contribution is -2.61. The molecule has 3 aromatic rings. The highest BCUT2D eigenvalue weighted by Crippen LogP contribution is 2.31. The van der Waals surface area contributed by atoms with Crippen molar-refractivity contribution in [2.45, 2.75) is 56.0 Å². The van der Waals surface area contributed by atoms with Crippen molar-refractivity contribution in [3.63, 3.8) is 0 Å². The van der Waals surface area contributed by atoms with Crippen molar-refractivity contribution in [3.05, 3.63) is 77.6 Å². The van der Waals surface area contributed by atoms with Gasteiger partial charge in [-0.25, -0.2) is 17.2 Å². The number of rotatable bonds is 11. The van der Waals surface area contributed by atoms with Gasteiger partial charge in [0.1, 0.15) is 11.8 Å². The third kappa shape index (κ3) is 8.57. The van der Waals surface area contributed by atoms with Gasteiger partial charge in [-0.15, -0.1) is 13.2 Å². The maximum absolute atomic E-state index is 14.0. The Morgan fingerprint density at radius 3 is 2.24 bits per heavy atom. The number of alkyl halides is 5. The summed E-state index contributed by atoms with van der Waals surface area (Å²) >= 11 is 0. The number of carbonyl (C=O) groups excluding carboxylic acids is 2. The number of hydrogen-bond acceptors (Lipinski definition) is 6. The van der Waals surface area contributed by atoms with Crippen LogP contribution in [0.5, 0.6) is 5.75 Å². The smallest absolute Gasteiger partial charge is 0.406 e. The molecule has 2 aromatic carbocycles. The summed E-state index contributed by atoms with van der Waals surface area (Å²) in [7, 11) is -2.69. The van der Waals surface area contributed by atoms with Crippen molar-refractivity contribution >= 4 is 21.8 Å². The fourth-order valence-electron chi connectivity index (χ4n) is 4.81. The van der Waals surface area contributed by atoms with Gasteiger partial charge in [-0.2, -0.15) is 9.40 Å². The van der Waals surface area contributed by atoms with E-state index in [9.17, 15) is 40.0 Å². The zero-order valence-corrected chi connectivity index (χ0v) is 25.2. The molecule has 1 atom stereocenters. The Bertz CT molecular complexity index is 1590. The number of ether oxygens (including phenoxy) is 1. The summed E-state index contributed by atoms with van der Waals surface area (Å²) < 4.78 is 99.3. The highest BCUT2D eigenvalue weighted by molar-refractivity contribution is 7.89. The van der Waals surface area contributed by atoms with E-state index in [2.05, 4.69) is 15.2 Å². The standard InChI is InChI=1S/C29H32F5N5O5S/c1-3-28(30,31)21-6-4-20(5-7-21)18-35-27(41)25-19-38(26(40)13-8-22-14-15-37(2)36-22)16-17-39(25)45(42,43)24-11-9-23(10-12-24)44-29(32,33)34/h4-7,9-12,14-15,25H,3,8,13,16-19H2,1-2H3,(H,35,41)/t25-/m1/s1. The average Bonchev–Trinajstić information content (AvgIpc) is 3.42. The van der Waals surface area contributed by atoms with E-state index < -0.39 is 40.0 Å². The van der Waals surface area contributed by atoms with Gasteiger partial charge in [0, 0.05) is 64.2 Å². The van der Waals surface area contributed by atoms with Gasteiger partial charge < -0.3 is 15.0 Å². The van der Waals surface area contributed by atoms with Gasteiger partial charge in [-0.3, -0.25) is 14.3 Å². The maximum atomic E-state index is 14.0. The van der Waals surface area contributed by atoms with Gasteiger partial charge in [0.15, 0.2) is 0 Å². The predicted molar refractivity (Wildman–Crippen MR) is 151 cm³/mol. The fourth-order valence-corrected chi connectivity index (χ4v) is 6.38. The van der Waals surface area contributed by atoms with Crippen molar-refractivity contribution in [3.8, 4) is 5.75 Å². The van der Waals surface area contributed by atoms with Crippen LogP contribution in [0, 0.1) is 0 Å². The van der Waals surface area contributed by atoms with E-state index >= 15 is 0 Å². The second-order valence-electron chi connectivity index (χ2n) is 10.4. The first kappa shape index (κ1) is 33.8. The number of nitrogens with one attached hydrogen (secondary N) is 1. The molecule has 1 N–H and O–H groups in total. The molecule has 10 nitrogen and oxygen atoms in total. The Hall–Kier alpha value is -4.05. The van der Waals surface area contributed by atoms with E-state index in [1.165, 1.54) is 36.1 Å². The van der Waals surface area contributed by atoms with E-state index in [0.717, 1.165) is 28.6 Å². The lowest BCUT2D eigenvalue weighted by atomic mass is 10.0. The molecule has 2 heterocycles. The predicted octanol–water partition coefficient (Wildman–Crippen LogP) is 3.97. The van der Waals surface area contributed by atoms with Crippen LogP contribution in [-0.4, -0.2) is 71.3 Å². The van der Waals surface area contributed by atoms with Crippen molar-refractivity contribution in [1.82, 2.24) is 24.3 Å². The molecule has 0 unspecified atom stereocenters. The third-order valence-corrected chi connectivity index (χ3v) is 9.22. The summed E-state index contributed by atoms with van der Waals surface area (Å²) in [5, 5.41) is 6.85. The van der Waals surface area contributed by atoms with E-state index in [1.807, 2.05) is 0 Å². The number of nitrogens with zero attached hydrogens (tertiary/aromatic N) is 4. The Morgan fingerprint density at radius 2 is 1.67 bits per heavy atom. The average molecular weight is 658 g/mol. The first-order chi connectivity index (χ1) is 21.1. The molecule has 16 heteroatoms. The summed E-state index contributed by atoms with van der Waals surface area (Å²) in [4.78, 5) is 27.5. The summed E-state index contributed by atoms with van der Waals surface area (Å²) in [5.74, 6) is -4.71. The number of hydrogen-bond donors (Lipinski definition) is 1. The van der Waals surface area contributed by atoms with Crippen molar-refractivity contribution in [2.75, 3.05) is 19.6 Å². The maximum Gasteiger partial charge on any atom is 0.573 e. The van der Waals surface area contributed by atoms with E-state index in [1.54, 1.807) is 24.0 Å². The van der Waals surface area contributed by atoms with Crippen molar-refractivity contribution in [2.24, 2.45) is 7.05 Å². The van der Waals surface area contributed by atoms with E-state index in [4.69, 9.17) is 0 Å². The molecule has 1 aliphatic heterocycles. The Labute approximate surface area is 256 Å². The molecule has 0 radical (unpaired) electrons. The van der Waals surface area contributed by atoms with Crippen molar-refractivity contribution < 1.29 is 44.7 Å². The highest BCUT2D eigenvalue weighted by atomic mass is 32.2. The number of halogens is 5. The molecular weight excluding hydrogens is 625 g/mol. The molecule has 1 aromatic heterocycles. The molecule has 0 aliphatic carbocycles. The first-order valence-electron chi connectivity index (χ1n) is 14.0. The van der Waals surface area contributed by atoms with Crippen LogP contribution in [0.15, 0.2) is 65.7 Å². The van der Waals surface area contributed by atoms with Gasteiger partial charge in [-0.05, 0) is 35.9 Å². The van der Waals surface area contributed by atoms with Crippen LogP contribution < -0.4 is 10.1 Å². The molecule has 0 saturated carbocycles. The summed E-state index contributed by atoms with van der Waals surface area (Å²) in [6.45, 7) is 0.653. The minimum absolute atomic E-state index is 0.0353. The lowest BCUT2D eigenvalue weighted by Gasteiger charge is -2.39. The van der Waals surface area contributed by atoms with Gasteiger partial charge in [0.25, 0.3) is 5.92 Å². The first-order valence-corrected chi connectivity index (χ1v) is 15.4. The molecule has 1 aliphatic rings. The van der Waals surface area contributed by atoms with E-state index in [-0.39, 0.29) is 55.4 Å².